The molecule has 0 spiro atoms. The fraction of sp³-hybridized carbons (Fsp3) is 0.667. The minimum atomic E-state index is -2.96. The van der Waals surface area contributed by atoms with Crippen molar-refractivity contribution in [2.75, 3.05) is 38.2 Å². The highest BCUT2D eigenvalue weighted by Crippen LogP contribution is 2.28. The molecule has 10 heteroatoms. The van der Waals surface area contributed by atoms with Crippen LogP contribution in [0.15, 0.2) is 10.9 Å². The van der Waals surface area contributed by atoms with Crippen molar-refractivity contribution < 1.29 is 13.2 Å². The Hall–Kier alpha value is -2.20. The molecule has 0 aliphatic carbocycles. The predicted octanol–water partition coefficient (Wildman–Crippen LogP) is 0.718. The molecule has 1 N–H and O–H groups in total. The van der Waals surface area contributed by atoms with E-state index in [2.05, 4.69) is 10.1 Å². The highest BCUT2D eigenvalue weighted by Gasteiger charge is 2.32. The molecule has 2 fully saturated rings. The lowest BCUT2D eigenvalue weighted by molar-refractivity contribution is -0.133. The molecule has 9 nitrogen and oxygen atoms in total. The van der Waals surface area contributed by atoms with E-state index in [4.69, 9.17) is 0 Å². The summed E-state index contributed by atoms with van der Waals surface area (Å²) in [5, 5.41) is 3.23. The molecule has 170 valence electrons. The molecule has 0 radical (unpaired) electrons. The summed E-state index contributed by atoms with van der Waals surface area (Å²) in [4.78, 5) is 33.7. The number of sulfone groups is 1. The number of aryl methyl sites for hydroxylation is 1. The van der Waals surface area contributed by atoms with E-state index in [-0.39, 0.29) is 41.5 Å². The maximum absolute atomic E-state index is 12.7. The molecule has 2 aromatic heterocycles. The van der Waals surface area contributed by atoms with Crippen LogP contribution < -0.4 is 5.56 Å². The van der Waals surface area contributed by atoms with Crippen molar-refractivity contribution in [1.82, 2.24) is 24.4 Å². The first-order valence-corrected chi connectivity index (χ1v) is 12.8. The minimum absolute atomic E-state index is 0.0409. The summed E-state index contributed by atoms with van der Waals surface area (Å²) in [6.45, 7) is 5.37. The van der Waals surface area contributed by atoms with Crippen molar-refractivity contribution in [3.8, 4) is 0 Å². The van der Waals surface area contributed by atoms with Gasteiger partial charge in [0.25, 0.3) is 5.56 Å². The molecule has 1 amide bonds. The molecule has 2 aliphatic rings. The van der Waals surface area contributed by atoms with E-state index in [1.54, 1.807) is 0 Å². The maximum Gasteiger partial charge on any atom is 0.276 e. The third-order valence-corrected chi connectivity index (χ3v) is 8.54. The SMILES string of the molecule is CCc1c(C)nc2cc(C3CCN(C(=O)CN(C)C4CCS(=O)(=O)C4)CC3)[nH]n2c1=O. The molecule has 31 heavy (non-hydrogen) atoms. The van der Waals surface area contributed by atoms with Gasteiger partial charge in [-0.3, -0.25) is 19.6 Å². The number of fused-ring (bicyclic) bond motifs is 1. The quantitative estimate of drug-likeness (QED) is 0.721. The number of nitrogens with zero attached hydrogens (tertiary/aromatic N) is 4. The van der Waals surface area contributed by atoms with E-state index in [0.29, 0.717) is 31.6 Å². The minimum Gasteiger partial charge on any atom is -0.342 e. The Labute approximate surface area is 182 Å². The lowest BCUT2D eigenvalue weighted by atomic mass is 9.93. The zero-order valence-electron chi connectivity index (χ0n) is 18.4. The van der Waals surface area contributed by atoms with Gasteiger partial charge in [0.15, 0.2) is 15.5 Å². The van der Waals surface area contributed by atoms with E-state index >= 15 is 0 Å². The van der Waals surface area contributed by atoms with Crippen LogP contribution in [0.4, 0.5) is 0 Å². The molecule has 2 aliphatic heterocycles. The Morgan fingerprint density at radius 1 is 1.29 bits per heavy atom. The number of rotatable bonds is 5. The third-order valence-electron chi connectivity index (χ3n) is 6.79. The molecular weight excluding hydrogens is 418 g/mol. The summed E-state index contributed by atoms with van der Waals surface area (Å²) in [5.74, 6) is 0.644. The van der Waals surface area contributed by atoms with Crippen molar-refractivity contribution in [2.24, 2.45) is 0 Å². The molecule has 2 saturated heterocycles. The Bertz CT molecular complexity index is 1140. The van der Waals surface area contributed by atoms with E-state index in [9.17, 15) is 18.0 Å². The summed E-state index contributed by atoms with van der Waals surface area (Å²) in [6, 6.07) is 1.88. The summed E-state index contributed by atoms with van der Waals surface area (Å²) < 4.78 is 24.9. The van der Waals surface area contributed by atoms with Crippen molar-refractivity contribution in [3.05, 3.63) is 33.4 Å². The molecular formula is C21H31N5O4S. The smallest absolute Gasteiger partial charge is 0.276 e. The highest BCUT2D eigenvalue weighted by atomic mass is 32.2. The first-order valence-electron chi connectivity index (χ1n) is 11.0. The van der Waals surface area contributed by atoms with Gasteiger partial charge >= 0.3 is 0 Å². The largest absolute Gasteiger partial charge is 0.342 e. The van der Waals surface area contributed by atoms with Crippen molar-refractivity contribution in [1.29, 1.82) is 0 Å². The zero-order valence-corrected chi connectivity index (χ0v) is 19.2. The number of H-pyrrole nitrogens is 1. The summed E-state index contributed by atoms with van der Waals surface area (Å²) in [5.41, 5.74) is 3.09. The van der Waals surface area contributed by atoms with Crippen LogP contribution in [0.5, 0.6) is 0 Å². The number of hydrogen-bond acceptors (Lipinski definition) is 6. The molecule has 4 heterocycles. The van der Waals surface area contributed by atoms with Crippen molar-refractivity contribution in [3.63, 3.8) is 0 Å². The Morgan fingerprint density at radius 3 is 2.61 bits per heavy atom. The van der Waals surface area contributed by atoms with Crippen LogP contribution in [0.3, 0.4) is 0 Å². The van der Waals surface area contributed by atoms with Gasteiger partial charge in [-0.25, -0.2) is 17.9 Å². The highest BCUT2D eigenvalue weighted by molar-refractivity contribution is 7.91. The van der Waals surface area contributed by atoms with Gasteiger partial charge in [0.1, 0.15) is 0 Å². The lowest BCUT2D eigenvalue weighted by Crippen LogP contribution is -2.45. The second-order valence-electron chi connectivity index (χ2n) is 8.87. The van der Waals surface area contributed by atoms with Crippen molar-refractivity contribution >= 4 is 21.4 Å². The van der Waals surface area contributed by atoms with Crippen LogP contribution >= 0.6 is 0 Å². The van der Waals surface area contributed by atoms with Crippen LogP contribution in [0.25, 0.3) is 5.65 Å². The number of likely N-dealkylation sites (N-methyl/N-ethyl adjacent to an activating group) is 1. The Balaban J connectivity index is 1.38. The summed E-state index contributed by atoms with van der Waals surface area (Å²) in [6.07, 6.45) is 2.88. The normalized spacial score (nSPS) is 21.9. The van der Waals surface area contributed by atoms with Crippen LogP contribution in [-0.4, -0.2) is 83.0 Å². The molecule has 1 unspecified atom stereocenters. The number of amides is 1. The Kier molecular flexibility index (Phi) is 5.95. The van der Waals surface area contributed by atoms with Gasteiger partial charge in [-0.1, -0.05) is 6.92 Å². The number of carbonyl (C=O) groups is 1. The number of likely N-dealkylation sites (tertiary alicyclic amines) is 1. The third kappa shape index (κ3) is 4.41. The first kappa shape index (κ1) is 22.0. The van der Waals surface area contributed by atoms with Crippen LogP contribution in [0.2, 0.25) is 0 Å². The lowest BCUT2D eigenvalue weighted by Gasteiger charge is -2.33. The molecule has 0 saturated carbocycles. The zero-order chi connectivity index (χ0) is 22.3. The predicted molar refractivity (Wildman–Crippen MR) is 118 cm³/mol. The van der Waals surface area contributed by atoms with E-state index in [1.807, 2.05) is 36.8 Å². The maximum atomic E-state index is 12.7. The van der Waals surface area contributed by atoms with Gasteiger partial charge in [0.2, 0.25) is 5.91 Å². The van der Waals surface area contributed by atoms with Gasteiger partial charge in [0, 0.05) is 48.1 Å². The average Bonchev–Trinajstić information content (AvgIpc) is 3.31. The fourth-order valence-electron chi connectivity index (χ4n) is 4.81. The van der Waals surface area contributed by atoms with Crippen LogP contribution in [0.1, 0.15) is 49.1 Å². The van der Waals surface area contributed by atoms with E-state index in [0.717, 1.165) is 29.8 Å². The second kappa shape index (κ2) is 8.38. The van der Waals surface area contributed by atoms with Crippen LogP contribution in [-0.2, 0) is 21.1 Å². The number of carbonyl (C=O) groups excluding carboxylic acids is 1. The van der Waals surface area contributed by atoms with Crippen LogP contribution in [0, 0.1) is 6.92 Å². The summed E-state index contributed by atoms with van der Waals surface area (Å²) >= 11 is 0. The average molecular weight is 450 g/mol. The Morgan fingerprint density at radius 2 is 2.00 bits per heavy atom. The number of aromatic nitrogens is 3. The number of aromatic amines is 1. The van der Waals surface area contributed by atoms with Gasteiger partial charge in [0.05, 0.1) is 18.1 Å². The van der Waals surface area contributed by atoms with Gasteiger partial charge in [-0.05, 0) is 39.7 Å². The number of nitrogens with one attached hydrogen (secondary N) is 1. The summed E-state index contributed by atoms with van der Waals surface area (Å²) in [7, 11) is -1.13. The van der Waals surface area contributed by atoms with E-state index in [1.165, 1.54) is 4.52 Å². The molecule has 0 bridgehead atoms. The first-order chi connectivity index (χ1) is 14.7. The number of piperidine rings is 1. The van der Waals surface area contributed by atoms with Gasteiger partial charge < -0.3 is 4.90 Å². The standard InChI is InChI=1S/C21H31N5O4S/c1-4-17-14(2)22-19-11-18(23-26(19)21(17)28)15-5-8-25(9-6-15)20(27)12-24(3)16-7-10-31(29,30)13-16/h11,15-16,23H,4-10,12-13H2,1-3H3. The van der Waals surface area contributed by atoms with Gasteiger partial charge in [-0.2, -0.15) is 0 Å². The molecule has 1 atom stereocenters. The van der Waals surface area contributed by atoms with E-state index < -0.39 is 9.84 Å². The monoisotopic (exact) mass is 449 g/mol. The molecule has 0 aromatic carbocycles. The second-order valence-corrected chi connectivity index (χ2v) is 11.1. The van der Waals surface area contributed by atoms with Crippen molar-refractivity contribution in [2.45, 2.75) is 51.5 Å². The molecule has 4 rings (SSSR count). The van der Waals surface area contributed by atoms with Gasteiger partial charge in [-0.15, -0.1) is 0 Å². The number of hydrogen-bond donors (Lipinski definition) is 1. The fourth-order valence-corrected chi connectivity index (χ4v) is 6.62. The topological polar surface area (TPSA) is 108 Å². The molecule has 2 aromatic rings.